The minimum Gasteiger partial charge on any atom is -0.474 e. The zero-order valence-corrected chi connectivity index (χ0v) is 15.1. The molecule has 2 aromatic heterocycles. The zero-order valence-electron chi connectivity index (χ0n) is 14.2. The van der Waals surface area contributed by atoms with Crippen LogP contribution < -0.4 is 4.74 Å². The number of fused-ring (bicyclic) bond motifs is 3. The van der Waals surface area contributed by atoms with Gasteiger partial charge in [0.25, 0.3) is 5.91 Å². The van der Waals surface area contributed by atoms with E-state index in [0.29, 0.717) is 10.9 Å². The summed E-state index contributed by atoms with van der Waals surface area (Å²) in [5.74, 6) is 0.748. The molecule has 0 radical (unpaired) electrons. The molecule has 0 N–H and O–H groups in total. The van der Waals surface area contributed by atoms with Crippen LogP contribution in [0.3, 0.4) is 0 Å². The molecule has 3 aromatic rings. The number of nitrogens with zero attached hydrogens (tertiary/aromatic N) is 3. The van der Waals surface area contributed by atoms with Crippen molar-refractivity contribution in [3.05, 3.63) is 53.7 Å². The van der Waals surface area contributed by atoms with E-state index in [2.05, 4.69) is 14.9 Å². The first-order chi connectivity index (χ1) is 12.8. The molecule has 2 aliphatic heterocycles. The largest absolute Gasteiger partial charge is 0.474 e. The van der Waals surface area contributed by atoms with E-state index in [1.165, 1.54) is 11.3 Å². The van der Waals surface area contributed by atoms with Crippen LogP contribution in [0.1, 0.15) is 35.5 Å². The third kappa shape index (κ3) is 2.74. The summed E-state index contributed by atoms with van der Waals surface area (Å²) in [5, 5.41) is 0.604. The number of hydrogen-bond donors (Lipinski definition) is 0. The lowest BCUT2D eigenvalue weighted by atomic mass is 9.99. The van der Waals surface area contributed by atoms with Gasteiger partial charge in [0, 0.05) is 37.2 Å². The molecule has 0 saturated carbocycles. The highest BCUT2D eigenvalue weighted by molar-refractivity contribution is 7.20. The Labute approximate surface area is 155 Å². The van der Waals surface area contributed by atoms with Gasteiger partial charge in [0.15, 0.2) is 5.01 Å². The van der Waals surface area contributed by atoms with Crippen molar-refractivity contribution in [2.75, 3.05) is 0 Å². The predicted octanol–water partition coefficient (Wildman–Crippen LogP) is 3.91. The highest BCUT2D eigenvalue weighted by Crippen LogP contribution is 2.38. The molecule has 2 unspecified atom stereocenters. The van der Waals surface area contributed by atoms with Crippen LogP contribution in [0.15, 0.2) is 48.7 Å². The Kier molecular flexibility index (Phi) is 3.85. The SMILES string of the molecule is O=C(c1nc2ccccc2s1)N1C2CCC1CC(Oc1ccccn1)C2. The molecular weight excluding hydrogens is 346 g/mol. The Morgan fingerprint density at radius 2 is 1.85 bits per heavy atom. The second-order valence-electron chi connectivity index (χ2n) is 6.96. The van der Waals surface area contributed by atoms with Crippen molar-refractivity contribution in [3.63, 3.8) is 0 Å². The topological polar surface area (TPSA) is 55.3 Å². The smallest absolute Gasteiger partial charge is 0.283 e. The lowest BCUT2D eigenvalue weighted by molar-refractivity contribution is 0.0348. The number of hydrogen-bond acceptors (Lipinski definition) is 5. The minimum atomic E-state index is 0.0787. The third-order valence-electron chi connectivity index (χ3n) is 5.33. The Bertz CT molecular complexity index is 895. The molecule has 5 nitrogen and oxygen atoms in total. The van der Waals surface area contributed by atoms with Crippen molar-refractivity contribution >= 4 is 27.5 Å². The van der Waals surface area contributed by atoms with Gasteiger partial charge in [-0.2, -0.15) is 0 Å². The molecule has 4 heterocycles. The summed E-state index contributed by atoms with van der Waals surface area (Å²) in [6.07, 6.45) is 5.69. The molecule has 2 fully saturated rings. The molecule has 26 heavy (non-hydrogen) atoms. The maximum atomic E-state index is 13.1. The third-order valence-corrected chi connectivity index (χ3v) is 6.35. The summed E-state index contributed by atoms with van der Waals surface area (Å²) in [4.78, 5) is 24.0. The van der Waals surface area contributed by atoms with E-state index in [0.717, 1.165) is 35.9 Å². The molecule has 1 aromatic carbocycles. The molecule has 1 amide bonds. The second kappa shape index (κ2) is 6.36. The van der Waals surface area contributed by atoms with E-state index >= 15 is 0 Å². The average Bonchev–Trinajstić information content (AvgIpc) is 3.21. The van der Waals surface area contributed by atoms with Crippen LogP contribution in [0, 0.1) is 0 Å². The van der Waals surface area contributed by atoms with Crippen molar-refractivity contribution < 1.29 is 9.53 Å². The van der Waals surface area contributed by atoms with Crippen molar-refractivity contribution in [1.29, 1.82) is 0 Å². The predicted molar refractivity (Wildman–Crippen MR) is 100 cm³/mol. The van der Waals surface area contributed by atoms with Gasteiger partial charge in [-0.05, 0) is 31.0 Å². The molecule has 2 saturated heterocycles. The van der Waals surface area contributed by atoms with E-state index < -0.39 is 0 Å². The Morgan fingerprint density at radius 1 is 1.08 bits per heavy atom. The van der Waals surface area contributed by atoms with E-state index in [4.69, 9.17) is 4.74 Å². The van der Waals surface area contributed by atoms with Gasteiger partial charge in [0.1, 0.15) is 6.10 Å². The number of pyridine rings is 1. The quantitative estimate of drug-likeness (QED) is 0.706. The van der Waals surface area contributed by atoms with Crippen LogP contribution in [-0.4, -0.2) is 39.0 Å². The average molecular weight is 365 g/mol. The lowest BCUT2D eigenvalue weighted by Gasteiger charge is -2.38. The van der Waals surface area contributed by atoms with Crippen LogP contribution >= 0.6 is 11.3 Å². The Balaban J connectivity index is 1.34. The van der Waals surface area contributed by atoms with Gasteiger partial charge in [-0.25, -0.2) is 9.97 Å². The molecule has 2 bridgehead atoms. The zero-order chi connectivity index (χ0) is 17.5. The lowest BCUT2D eigenvalue weighted by Crippen LogP contribution is -2.49. The summed E-state index contributed by atoms with van der Waals surface area (Å²) in [7, 11) is 0. The van der Waals surface area contributed by atoms with Crippen molar-refractivity contribution in [3.8, 4) is 5.88 Å². The molecule has 5 rings (SSSR count). The molecule has 2 atom stereocenters. The maximum absolute atomic E-state index is 13.1. The molecule has 2 aliphatic rings. The van der Waals surface area contributed by atoms with Crippen molar-refractivity contribution in [2.24, 2.45) is 0 Å². The van der Waals surface area contributed by atoms with Crippen LogP contribution in [0.2, 0.25) is 0 Å². The number of aromatic nitrogens is 2. The van der Waals surface area contributed by atoms with Crippen LogP contribution in [0.5, 0.6) is 5.88 Å². The standard InChI is InChI=1S/C20H19N3O2S/c24-20(19-22-16-5-1-2-6-17(16)26-19)23-13-8-9-14(23)12-15(11-13)25-18-7-3-4-10-21-18/h1-7,10,13-15H,8-9,11-12H2. The van der Waals surface area contributed by atoms with Crippen LogP contribution in [-0.2, 0) is 0 Å². The van der Waals surface area contributed by atoms with Crippen LogP contribution in [0.25, 0.3) is 10.2 Å². The van der Waals surface area contributed by atoms with Gasteiger partial charge in [-0.3, -0.25) is 4.79 Å². The van der Waals surface area contributed by atoms with E-state index in [1.807, 2.05) is 42.5 Å². The van der Waals surface area contributed by atoms with E-state index in [9.17, 15) is 4.79 Å². The normalized spacial score (nSPS) is 24.8. The summed E-state index contributed by atoms with van der Waals surface area (Å²) in [5.41, 5.74) is 0.904. The van der Waals surface area contributed by atoms with Crippen molar-refractivity contribution in [1.82, 2.24) is 14.9 Å². The number of carbonyl (C=O) groups excluding carboxylic acids is 1. The maximum Gasteiger partial charge on any atom is 0.283 e. The first-order valence-corrected chi connectivity index (χ1v) is 9.85. The first-order valence-electron chi connectivity index (χ1n) is 9.04. The Hall–Kier alpha value is -2.47. The fraction of sp³-hybridized carbons (Fsp3) is 0.350. The summed E-state index contributed by atoms with van der Waals surface area (Å²) < 4.78 is 7.12. The van der Waals surface area contributed by atoms with Gasteiger partial charge in [-0.1, -0.05) is 18.2 Å². The van der Waals surface area contributed by atoms with E-state index in [-0.39, 0.29) is 24.1 Å². The minimum absolute atomic E-state index is 0.0787. The number of carbonyl (C=O) groups is 1. The highest BCUT2D eigenvalue weighted by atomic mass is 32.1. The first kappa shape index (κ1) is 15.8. The van der Waals surface area contributed by atoms with E-state index in [1.54, 1.807) is 6.20 Å². The Morgan fingerprint density at radius 3 is 2.58 bits per heavy atom. The fourth-order valence-corrected chi connectivity index (χ4v) is 5.13. The van der Waals surface area contributed by atoms with Gasteiger partial charge in [0.05, 0.1) is 10.2 Å². The summed E-state index contributed by atoms with van der Waals surface area (Å²) in [6.45, 7) is 0. The number of benzene rings is 1. The number of para-hydroxylation sites is 1. The second-order valence-corrected chi connectivity index (χ2v) is 7.99. The van der Waals surface area contributed by atoms with Crippen LogP contribution in [0.4, 0.5) is 0 Å². The molecular formula is C20H19N3O2S. The van der Waals surface area contributed by atoms with Gasteiger partial charge in [-0.15, -0.1) is 11.3 Å². The molecule has 6 heteroatoms. The number of piperidine rings is 1. The monoisotopic (exact) mass is 365 g/mol. The number of thiazole rings is 1. The molecule has 0 spiro atoms. The molecule has 132 valence electrons. The number of ether oxygens (including phenoxy) is 1. The van der Waals surface area contributed by atoms with Gasteiger partial charge < -0.3 is 9.64 Å². The van der Waals surface area contributed by atoms with Crippen molar-refractivity contribution in [2.45, 2.75) is 43.9 Å². The number of rotatable bonds is 3. The molecule has 0 aliphatic carbocycles. The highest BCUT2D eigenvalue weighted by Gasteiger charge is 2.45. The van der Waals surface area contributed by atoms with Gasteiger partial charge >= 0.3 is 0 Å². The van der Waals surface area contributed by atoms with Gasteiger partial charge in [0.2, 0.25) is 5.88 Å². The number of amides is 1. The summed E-state index contributed by atoms with van der Waals surface area (Å²) >= 11 is 1.49. The fourth-order valence-electron chi connectivity index (χ4n) is 4.22. The summed E-state index contributed by atoms with van der Waals surface area (Å²) in [6, 6.07) is 14.1.